The molecule has 0 bridgehead atoms. The lowest BCUT2D eigenvalue weighted by molar-refractivity contribution is -0.140. The number of nitrogens with zero attached hydrogens (tertiary/aromatic N) is 1. The quantitative estimate of drug-likeness (QED) is 0.867. The van der Waals surface area contributed by atoms with E-state index in [2.05, 4.69) is 0 Å². The highest BCUT2D eigenvalue weighted by Crippen LogP contribution is 2.34. The molecular weight excluding hydrogens is 297 g/mol. The molecule has 0 aromatic heterocycles. The first-order chi connectivity index (χ1) is 10.1. The Labute approximate surface area is 128 Å². The molecule has 1 atom stereocenters. The molecule has 1 aliphatic rings. The van der Waals surface area contributed by atoms with Gasteiger partial charge in [0.25, 0.3) is 0 Å². The van der Waals surface area contributed by atoms with Gasteiger partial charge in [-0.1, -0.05) is 6.07 Å². The van der Waals surface area contributed by atoms with E-state index >= 15 is 0 Å². The molecule has 1 aromatic rings. The van der Waals surface area contributed by atoms with Crippen LogP contribution in [0.2, 0.25) is 0 Å². The molecule has 1 unspecified atom stereocenters. The molecule has 124 valence electrons. The molecule has 2 rings (SSSR count). The summed E-state index contributed by atoms with van der Waals surface area (Å²) >= 11 is 0. The molecule has 0 spiro atoms. The Balaban J connectivity index is 2.04. The fraction of sp³-hybridized carbons (Fsp3) is 0.600. The summed E-state index contributed by atoms with van der Waals surface area (Å²) in [4.78, 5) is 1.79. The number of rotatable bonds is 4. The van der Waals surface area contributed by atoms with Gasteiger partial charge in [-0.15, -0.1) is 0 Å². The molecular formula is C15H21F3N2O2. The number of nitrogen functional groups attached to an aromatic ring is 1. The first kappa shape index (κ1) is 17.1. The van der Waals surface area contributed by atoms with Crippen molar-refractivity contribution in [2.24, 2.45) is 0 Å². The number of likely N-dealkylation sites (N-methyl/N-ethyl adjacent to an activating group) is 1. The van der Waals surface area contributed by atoms with Crippen LogP contribution in [-0.2, 0) is 22.2 Å². The number of anilines is 1. The van der Waals surface area contributed by atoms with Crippen LogP contribution in [0.25, 0.3) is 0 Å². The lowest BCUT2D eigenvalue weighted by Gasteiger charge is -2.23. The highest BCUT2D eigenvalue weighted by atomic mass is 19.4. The summed E-state index contributed by atoms with van der Waals surface area (Å²) in [5, 5.41) is 0. The Morgan fingerprint density at radius 3 is 2.59 bits per heavy atom. The molecule has 7 heteroatoms. The van der Waals surface area contributed by atoms with E-state index in [9.17, 15) is 13.2 Å². The van der Waals surface area contributed by atoms with Gasteiger partial charge in [-0.25, -0.2) is 0 Å². The standard InChI is InChI=1S/C15H21F3N2O2/c1-14(2)21-9-12(22-14)8-20(3)7-10-4-5-11(19)6-13(10)15(16,17)18/h4-6,12H,7-9,19H2,1-3H3. The molecule has 0 saturated carbocycles. The molecule has 1 saturated heterocycles. The van der Waals surface area contributed by atoms with Crippen LogP contribution in [0, 0.1) is 0 Å². The number of hydrogen-bond donors (Lipinski definition) is 1. The number of nitrogens with two attached hydrogens (primary N) is 1. The maximum Gasteiger partial charge on any atom is 0.416 e. The molecule has 1 heterocycles. The molecule has 1 aliphatic heterocycles. The fourth-order valence-corrected chi connectivity index (χ4v) is 2.55. The summed E-state index contributed by atoms with van der Waals surface area (Å²) in [6, 6.07) is 3.88. The second kappa shape index (κ2) is 6.06. The molecule has 2 N–H and O–H groups in total. The highest BCUT2D eigenvalue weighted by molar-refractivity contribution is 5.46. The van der Waals surface area contributed by atoms with Crippen molar-refractivity contribution in [1.29, 1.82) is 0 Å². The van der Waals surface area contributed by atoms with Crippen LogP contribution < -0.4 is 5.73 Å². The van der Waals surface area contributed by atoms with Crippen molar-refractivity contribution in [2.45, 2.75) is 38.5 Å². The first-order valence-electron chi connectivity index (χ1n) is 7.03. The van der Waals surface area contributed by atoms with Crippen LogP contribution in [0.15, 0.2) is 18.2 Å². The average Bonchev–Trinajstić information content (AvgIpc) is 2.69. The summed E-state index contributed by atoms with van der Waals surface area (Å²) in [5.41, 5.74) is 5.08. The molecule has 0 radical (unpaired) electrons. The van der Waals surface area contributed by atoms with Gasteiger partial charge in [0.15, 0.2) is 5.79 Å². The van der Waals surface area contributed by atoms with E-state index in [-0.39, 0.29) is 23.9 Å². The van der Waals surface area contributed by atoms with E-state index in [0.717, 1.165) is 6.07 Å². The monoisotopic (exact) mass is 318 g/mol. The summed E-state index contributed by atoms with van der Waals surface area (Å²) < 4.78 is 50.3. The molecule has 22 heavy (non-hydrogen) atoms. The van der Waals surface area contributed by atoms with Gasteiger partial charge in [-0.2, -0.15) is 13.2 Å². The number of alkyl halides is 3. The molecule has 0 aliphatic carbocycles. The number of halogens is 3. The number of benzene rings is 1. The van der Waals surface area contributed by atoms with Gasteiger partial charge >= 0.3 is 6.18 Å². The number of hydrogen-bond acceptors (Lipinski definition) is 4. The largest absolute Gasteiger partial charge is 0.416 e. The van der Waals surface area contributed by atoms with Crippen LogP contribution in [0.1, 0.15) is 25.0 Å². The SMILES string of the molecule is CN(Cc1ccc(N)cc1C(F)(F)F)CC1COC(C)(C)O1. The second-order valence-corrected chi connectivity index (χ2v) is 6.06. The molecule has 1 aromatic carbocycles. The van der Waals surface area contributed by atoms with Crippen molar-refractivity contribution in [2.75, 3.05) is 25.9 Å². The Bertz CT molecular complexity index is 532. The Morgan fingerprint density at radius 2 is 2.05 bits per heavy atom. The zero-order valence-corrected chi connectivity index (χ0v) is 12.9. The third-order valence-corrected chi connectivity index (χ3v) is 3.46. The highest BCUT2D eigenvalue weighted by Gasteiger charge is 2.35. The third-order valence-electron chi connectivity index (χ3n) is 3.46. The van der Waals surface area contributed by atoms with Gasteiger partial charge < -0.3 is 15.2 Å². The minimum Gasteiger partial charge on any atom is -0.399 e. The summed E-state index contributed by atoms with van der Waals surface area (Å²) in [5.74, 6) is -0.635. The van der Waals surface area contributed by atoms with E-state index in [0.29, 0.717) is 13.2 Å². The number of ether oxygens (including phenoxy) is 2. The van der Waals surface area contributed by atoms with Gasteiger partial charge in [0.05, 0.1) is 18.3 Å². The maximum absolute atomic E-state index is 13.1. The topological polar surface area (TPSA) is 47.7 Å². The van der Waals surface area contributed by atoms with Crippen molar-refractivity contribution < 1.29 is 22.6 Å². The molecule has 4 nitrogen and oxygen atoms in total. The van der Waals surface area contributed by atoms with E-state index < -0.39 is 17.5 Å². The third kappa shape index (κ3) is 4.34. The molecule has 1 fully saturated rings. The first-order valence-corrected chi connectivity index (χ1v) is 7.03. The van der Waals surface area contributed by atoms with Crippen molar-refractivity contribution >= 4 is 5.69 Å². The molecule has 0 amide bonds. The fourth-order valence-electron chi connectivity index (χ4n) is 2.55. The van der Waals surface area contributed by atoms with Crippen LogP contribution in [0.4, 0.5) is 18.9 Å². The van der Waals surface area contributed by atoms with Gasteiger partial charge in [0.1, 0.15) is 0 Å². The lowest BCUT2D eigenvalue weighted by atomic mass is 10.1. The van der Waals surface area contributed by atoms with Gasteiger partial charge in [-0.05, 0) is 38.6 Å². The summed E-state index contributed by atoms with van der Waals surface area (Å²) in [7, 11) is 1.76. The van der Waals surface area contributed by atoms with Crippen LogP contribution in [-0.4, -0.2) is 37.0 Å². The van der Waals surface area contributed by atoms with Crippen molar-refractivity contribution in [3.8, 4) is 0 Å². The van der Waals surface area contributed by atoms with E-state index in [1.54, 1.807) is 11.9 Å². The van der Waals surface area contributed by atoms with Gasteiger partial charge in [0.2, 0.25) is 0 Å². The zero-order chi connectivity index (χ0) is 16.5. The van der Waals surface area contributed by atoms with Crippen molar-refractivity contribution in [1.82, 2.24) is 4.90 Å². The van der Waals surface area contributed by atoms with Crippen LogP contribution >= 0.6 is 0 Å². The second-order valence-electron chi connectivity index (χ2n) is 6.06. The van der Waals surface area contributed by atoms with Crippen molar-refractivity contribution in [3.63, 3.8) is 0 Å². The van der Waals surface area contributed by atoms with Crippen LogP contribution in [0.3, 0.4) is 0 Å². The minimum atomic E-state index is -4.42. The van der Waals surface area contributed by atoms with E-state index in [1.807, 2.05) is 13.8 Å². The smallest absolute Gasteiger partial charge is 0.399 e. The minimum absolute atomic E-state index is 0.105. The zero-order valence-electron chi connectivity index (χ0n) is 12.9. The Hall–Kier alpha value is -1.31. The van der Waals surface area contributed by atoms with E-state index in [4.69, 9.17) is 15.2 Å². The summed E-state index contributed by atoms with van der Waals surface area (Å²) in [6.45, 7) is 4.72. The Morgan fingerprint density at radius 1 is 1.36 bits per heavy atom. The lowest BCUT2D eigenvalue weighted by Crippen LogP contribution is -2.32. The van der Waals surface area contributed by atoms with Gasteiger partial charge in [-0.3, -0.25) is 4.90 Å². The maximum atomic E-state index is 13.1. The van der Waals surface area contributed by atoms with Crippen LogP contribution in [0.5, 0.6) is 0 Å². The Kier molecular flexibility index (Phi) is 4.70. The van der Waals surface area contributed by atoms with Crippen molar-refractivity contribution in [3.05, 3.63) is 29.3 Å². The normalized spacial score (nSPS) is 21.5. The van der Waals surface area contributed by atoms with E-state index in [1.165, 1.54) is 12.1 Å². The van der Waals surface area contributed by atoms with Gasteiger partial charge in [0, 0.05) is 18.8 Å². The summed E-state index contributed by atoms with van der Waals surface area (Å²) in [6.07, 6.45) is -4.57. The predicted octanol–water partition coefficient (Wildman–Crippen LogP) is 2.87. The average molecular weight is 318 g/mol. The predicted molar refractivity (Wildman–Crippen MR) is 77.1 cm³/mol.